The Balaban J connectivity index is 1.52. The zero-order chi connectivity index (χ0) is 23.6. The Bertz CT molecular complexity index is 867. The van der Waals surface area contributed by atoms with Gasteiger partial charge in [-0.25, -0.2) is 4.79 Å². The van der Waals surface area contributed by atoms with E-state index in [1.807, 2.05) is 43.3 Å². The van der Waals surface area contributed by atoms with E-state index in [0.29, 0.717) is 23.9 Å². The molecule has 1 aliphatic carbocycles. The van der Waals surface area contributed by atoms with Crippen molar-refractivity contribution in [2.45, 2.75) is 70.6 Å². The molecule has 2 aromatic rings. The number of nitrogens with one attached hydrogen (secondary N) is 1. The van der Waals surface area contributed by atoms with E-state index in [0.717, 1.165) is 43.2 Å². The van der Waals surface area contributed by atoms with Crippen LogP contribution >= 0.6 is 11.6 Å². The molecule has 2 N–H and O–H groups in total. The summed E-state index contributed by atoms with van der Waals surface area (Å²) in [5.74, 6) is 0.650. The van der Waals surface area contributed by atoms with E-state index in [-0.39, 0.29) is 17.9 Å². The number of benzene rings is 2. The van der Waals surface area contributed by atoms with Crippen LogP contribution in [0, 0.1) is 5.92 Å². The molecule has 0 radical (unpaired) electrons. The van der Waals surface area contributed by atoms with E-state index in [4.69, 9.17) is 21.1 Å². The van der Waals surface area contributed by atoms with Crippen LogP contribution in [0.25, 0.3) is 0 Å². The predicted molar refractivity (Wildman–Crippen MR) is 132 cm³/mol. The molecule has 0 aromatic heterocycles. The second-order valence-electron chi connectivity index (χ2n) is 8.92. The van der Waals surface area contributed by atoms with Crippen LogP contribution in [-0.4, -0.2) is 36.4 Å². The second-order valence-corrected chi connectivity index (χ2v) is 9.35. The van der Waals surface area contributed by atoms with Crippen molar-refractivity contribution in [1.29, 1.82) is 0 Å². The standard InChI is InChI=1S/C27H36ClNO4/c1-3-32-27(31)26(21-8-5-4-6-9-21)33-24-14-12-20(13-15-24)16-19(2)29-18-25(30)22-10-7-11-23(28)17-22/h7,10-15,17,19,21,25-26,29-30H,3-6,8-9,16,18H2,1-2H3. The molecule has 3 unspecified atom stereocenters. The average Bonchev–Trinajstić information content (AvgIpc) is 2.82. The Morgan fingerprint density at radius 3 is 2.55 bits per heavy atom. The number of esters is 1. The second kappa shape index (κ2) is 13.0. The molecule has 6 heteroatoms. The SMILES string of the molecule is CCOC(=O)C(Oc1ccc(CC(C)NCC(O)c2cccc(Cl)c2)cc1)C1CCCCC1. The maximum atomic E-state index is 12.5. The lowest BCUT2D eigenvalue weighted by Crippen LogP contribution is -2.37. The Morgan fingerprint density at radius 1 is 1.15 bits per heavy atom. The first-order chi connectivity index (χ1) is 16.0. The highest BCUT2D eigenvalue weighted by Gasteiger charge is 2.32. The number of carbonyl (C=O) groups excluding carboxylic acids is 1. The molecule has 1 saturated carbocycles. The normalized spacial score (nSPS) is 17.2. The largest absolute Gasteiger partial charge is 0.478 e. The summed E-state index contributed by atoms with van der Waals surface area (Å²) in [6, 6.07) is 15.4. The van der Waals surface area contributed by atoms with Gasteiger partial charge in [0.15, 0.2) is 6.10 Å². The maximum Gasteiger partial charge on any atom is 0.347 e. The van der Waals surface area contributed by atoms with Gasteiger partial charge in [0.25, 0.3) is 0 Å². The Morgan fingerprint density at radius 2 is 1.88 bits per heavy atom. The van der Waals surface area contributed by atoms with Gasteiger partial charge in [0.05, 0.1) is 12.7 Å². The summed E-state index contributed by atoms with van der Waals surface area (Å²) >= 11 is 6.01. The van der Waals surface area contributed by atoms with Gasteiger partial charge in [-0.1, -0.05) is 55.1 Å². The summed E-state index contributed by atoms with van der Waals surface area (Å²) in [5, 5.41) is 14.4. The van der Waals surface area contributed by atoms with E-state index < -0.39 is 12.2 Å². The number of aliphatic hydroxyl groups is 1. The highest BCUT2D eigenvalue weighted by molar-refractivity contribution is 6.30. The van der Waals surface area contributed by atoms with E-state index in [1.54, 1.807) is 12.1 Å². The van der Waals surface area contributed by atoms with Crippen molar-refractivity contribution in [3.63, 3.8) is 0 Å². The fourth-order valence-electron chi connectivity index (χ4n) is 4.42. The molecular weight excluding hydrogens is 438 g/mol. The van der Waals surface area contributed by atoms with Crippen molar-refractivity contribution in [3.8, 4) is 5.75 Å². The molecule has 0 bridgehead atoms. The summed E-state index contributed by atoms with van der Waals surface area (Å²) < 4.78 is 11.4. The smallest absolute Gasteiger partial charge is 0.347 e. The first kappa shape index (κ1) is 25.5. The van der Waals surface area contributed by atoms with Gasteiger partial charge in [-0.15, -0.1) is 0 Å². The van der Waals surface area contributed by atoms with Crippen molar-refractivity contribution in [2.75, 3.05) is 13.2 Å². The summed E-state index contributed by atoms with van der Waals surface area (Å²) in [6.45, 7) is 4.73. The van der Waals surface area contributed by atoms with Crippen LogP contribution < -0.4 is 10.1 Å². The van der Waals surface area contributed by atoms with Crippen LogP contribution in [0.4, 0.5) is 0 Å². The monoisotopic (exact) mass is 473 g/mol. The molecule has 2 aromatic carbocycles. The quantitative estimate of drug-likeness (QED) is 0.422. The van der Waals surface area contributed by atoms with Crippen LogP contribution in [0.15, 0.2) is 48.5 Å². The minimum absolute atomic E-state index is 0.181. The fraction of sp³-hybridized carbons (Fsp3) is 0.519. The Kier molecular flexibility index (Phi) is 10.0. The summed E-state index contributed by atoms with van der Waals surface area (Å²) in [5.41, 5.74) is 1.96. The molecule has 0 heterocycles. The zero-order valence-electron chi connectivity index (χ0n) is 19.6. The summed E-state index contributed by atoms with van der Waals surface area (Å²) in [7, 11) is 0. The molecule has 0 spiro atoms. The van der Waals surface area contributed by atoms with Gasteiger partial charge >= 0.3 is 5.97 Å². The third-order valence-corrected chi connectivity index (χ3v) is 6.45. The number of carbonyl (C=O) groups is 1. The molecule has 1 aliphatic rings. The van der Waals surface area contributed by atoms with Crippen LogP contribution in [0.3, 0.4) is 0 Å². The van der Waals surface area contributed by atoms with Crippen LogP contribution in [0.1, 0.15) is 63.2 Å². The van der Waals surface area contributed by atoms with E-state index in [2.05, 4.69) is 12.2 Å². The molecule has 0 saturated heterocycles. The number of rotatable bonds is 11. The number of halogens is 1. The van der Waals surface area contributed by atoms with Crippen molar-refractivity contribution < 1.29 is 19.4 Å². The molecular formula is C27H36ClNO4. The minimum Gasteiger partial charge on any atom is -0.478 e. The molecule has 5 nitrogen and oxygen atoms in total. The van der Waals surface area contributed by atoms with Gasteiger partial charge in [0.2, 0.25) is 0 Å². The van der Waals surface area contributed by atoms with Gasteiger partial charge in [-0.2, -0.15) is 0 Å². The maximum absolute atomic E-state index is 12.5. The predicted octanol–water partition coefficient (Wildman–Crippen LogP) is 5.49. The van der Waals surface area contributed by atoms with E-state index in [1.165, 1.54) is 6.42 Å². The van der Waals surface area contributed by atoms with Crippen molar-refractivity contribution >= 4 is 17.6 Å². The molecule has 180 valence electrons. The third kappa shape index (κ3) is 8.02. The summed E-state index contributed by atoms with van der Waals surface area (Å²) in [6.07, 6.45) is 5.18. The number of hydrogen-bond donors (Lipinski definition) is 2. The number of hydrogen-bond acceptors (Lipinski definition) is 5. The molecule has 0 aliphatic heterocycles. The van der Waals surface area contributed by atoms with Gasteiger partial charge < -0.3 is 19.9 Å². The average molecular weight is 474 g/mol. The van der Waals surface area contributed by atoms with Crippen molar-refractivity contribution in [1.82, 2.24) is 5.32 Å². The first-order valence-electron chi connectivity index (χ1n) is 12.1. The fourth-order valence-corrected chi connectivity index (χ4v) is 4.62. The minimum atomic E-state index is -0.610. The van der Waals surface area contributed by atoms with Crippen LogP contribution in [0.5, 0.6) is 5.75 Å². The van der Waals surface area contributed by atoms with E-state index >= 15 is 0 Å². The molecule has 3 rings (SSSR count). The van der Waals surface area contributed by atoms with Crippen LogP contribution in [0.2, 0.25) is 5.02 Å². The Hall–Kier alpha value is -2.08. The molecule has 3 atom stereocenters. The Labute approximate surface area is 202 Å². The molecule has 1 fully saturated rings. The lowest BCUT2D eigenvalue weighted by Gasteiger charge is -2.29. The molecule has 0 amide bonds. The molecule has 33 heavy (non-hydrogen) atoms. The lowest BCUT2D eigenvalue weighted by atomic mass is 9.85. The van der Waals surface area contributed by atoms with Crippen LogP contribution in [-0.2, 0) is 16.0 Å². The number of aliphatic hydroxyl groups excluding tert-OH is 1. The van der Waals surface area contributed by atoms with Crippen molar-refractivity contribution in [3.05, 3.63) is 64.7 Å². The van der Waals surface area contributed by atoms with Gasteiger partial charge in [0.1, 0.15) is 5.75 Å². The van der Waals surface area contributed by atoms with Gasteiger partial charge in [-0.3, -0.25) is 0 Å². The highest BCUT2D eigenvalue weighted by atomic mass is 35.5. The van der Waals surface area contributed by atoms with Gasteiger partial charge in [-0.05, 0) is 68.5 Å². The van der Waals surface area contributed by atoms with Gasteiger partial charge in [0, 0.05) is 23.5 Å². The number of ether oxygens (including phenoxy) is 2. The van der Waals surface area contributed by atoms with E-state index in [9.17, 15) is 9.90 Å². The zero-order valence-corrected chi connectivity index (χ0v) is 20.4. The summed E-state index contributed by atoms with van der Waals surface area (Å²) in [4.78, 5) is 12.5. The van der Waals surface area contributed by atoms with Crippen molar-refractivity contribution in [2.24, 2.45) is 5.92 Å². The first-order valence-corrected chi connectivity index (χ1v) is 12.4. The third-order valence-electron chi connectivity index (χ3n) is 6.22. The lowest BCUT2D eigenvalue weighted by molar-refractivity contribution is -0.154. The highest BCUT2D eigenvalue weighted by Crippen LogP contribution is 2.30. The topological polar surface area (TPSA) is 67.8 Å².